The van der Waals surface area contributed by atoms with Gasteiger partial charge in [0, 0.05) is 18.0 Å². The lowest BCUT2D eigenvalue weighted by Crippen LogP contribution is -2.39. The maximum atomic E-state index is 12.4. The van der Waals surface area contributed by atoms with Crippen molar-refractivity contribution >= 4 is 17.2 Å². The molecule has 3 rings (SSSR count). The Hall–Kier alpha value is -1.69. The van der Waals surface area contributed by atoms with Gasteiger partial charge in [0.05, 0.1) is 0 Å². The summed E-state index contributed by atoms with van der Waals surface area (Å²) >= 11 is 1.78. The fourth-order valence-corrected chi connectivity index (χ4v) is 3.12. The smallest absolute Gasteiger partial charge is 0.247 e. The van der Waals surface area contributed by atoms with E-state index in [9.17, 15) is 4.79 Å². The molecule has 0 radical (unpaired) electrons. The largest absolute Gasteiger partial charge is 0.336 e. The summed E-state index contributed by atoms with van der Waals surface area (Å²) in [5.41, 5.74) is 1.28. The van der Waals surface area contributed by atoms with Crippen LogP contribution in [0.2, 0.25) is 0 Å². The van der Waals surface area contributed by atoms with Crippen molar-refractivity contribution in [2.45, 2.75) is 25.9 Å². The van der Waals surface area contributed by atoms with Crippen LogP contribution in [0.4, 0.5) is 0 Å². The quantitative estimate of drug-likeness (QED) is 0.824. The molecule has 2 aromatic heterocycles. The molecule has 1 aliphatic rings. The maximum Gasteiger partial charge on any atom is 0.247 e. The van der Waals surface area contributed by atoms with E-state index in [0.29, 0.717) is 0 Å². The molecule has 2 aromatic rings. The number of fused-ring (bicyclic) bond motifs is 1. The minimum Gasteiger partial charge on any atom is -0.336 e. The van der Waals surface area contributed by atoms with Crippen molar-refractivity contribution in [2.75, 3.05) is 6.54 Å². The Morgan fingerprint density at radius 2 is 2.44 bits per heavy atom. The van der Waals surface area contributed by atoms with E-state index in [4.69, 9.17) is 0 Å². The summed E-state index contributed by atoms with van der Waals surface area (Å²) in [4.78, 5) is 19.6. The van der Waals surface area contributed by atoms with Gasteiger partial charge >= 0.3 is 0 Å². The maximum absolute atomic E-state index is 12.4. The van der Waals surface area contributed by atoms with E-state index < -0.39 is 0 Å². The van der Waals surface area contributed by atoms with Crippen molar-refractivity contribution in [1.82, 2.24) is 19.7 Å². The zero-order chi connectivity index (χ0) is 12.5. The van der Waals surface area contributed by atoms with Gasteiger partial charge in [-0.15, -0.1) is 11.3 Å². The average Bonchev–Trinajstić information content (AvgIpc) is 3.06. The lowest BCUT2D eigenvalue weighted by atomic mass is 10.1. The zero-order valence-electron chi connectivity index (χ0n) is 10.1. The molecule has 1 amide bonds. The van der Waals surface area contributed by atoms with Gasteiger partial charge in [-0.25, -0.2) is 9.67 Å². The molecule has 1 atom stereocenters. The van der Waals surface area contributed by atoms with Gasteiger partial charge in [-0.05, 0) is 30.4 Å². The number of carbonyl (C=O) groups is 1. The summed E-state index contributed by atoms with van der Waals surface area (Å²) in [6.07, 6.45) is 4.00. The number of carbonyl (C=O) groups excluding carboxylic acids is 1. The molecule has 0 aliphatic carbocycles. The molecule has 0 saturated carbocycles. The molecule has 0 saturated heterocycles. The van der Waals surface area contributed by atoms with Crippen molar-refractivity contribution in [3.63, 3.8) is 0 Å². The van der Waals surface area contributed by atoms with Gasteiger partial charge in [0.2, 0.25) is 5.91 Å². The summed E-state index contributed by atoms with van der Waals surface area (Å²) in [6, 6.07) is 1.83. The number of thiophene rings is 1. The number of hydrogen-bond donors (Lipinski definition) is 0. The third-order valence-corrected chi connectivity index (χ3v) is 4.33. The molecule has 6 heteroatoms. The number of aromatic nitrogens is 3. The Morgan fingerprint density at radius 3 is 3.22 bits per heavy atom. The molecule has 94 valence electrons. The number of hydrogen-bond acceptors (Lipinski definition) is 4. The number of amides is 1. The van der Waals surface area contributed by atoms with E-state index >= 15 is 0 Å². The Balaban J connectivity index is 1.75. The summed E-state index contributed by atoms with van der Waals surface area (Å²) < 4.78 is 1.60. The van der Waals surface area contributed by atoms with Gasteiger partial charge in [-0.1, -0.05) is 0 Å². The molecular formula is C12H14N4OS. The molecule has 0 aromatic carbocycles. The highest BCUT2D eigenvalue weighted by Crippen LogP contribution is 2.25. The highest BCUT2D eigenvalue weighted by Gasteiger charge is 2.26. The second-order valence-corrected chi connectivity index (χ2v) is 5.43. The van der Waals surface area contributed by atoms with Crippen LogP contribution in [-0.2, 0) is 17.8 Å². The van der Waals surface area contributed by atoms with Gasteiger partial charge in [-0.2, -0.15) is 5.10 Å². The lowest BCUT2D eigenvalue weighted by Gasteiger charge is -2.29. The molecular weight excluding hydrogens is 248 g/mol. The van der Waals surface area contributed by atoms with Gasteiger partial charge in [0.15, 0.2) is 0 Å². The molecule has 18 heavy (non-hydrogen) atoms. The van der Waals surface area contributed by atoms with Crippen molar-refractivity contribution < 1.29 is 4.79 Å². The van der Waals surface area contributed by atoms with Crippen molar-refractivity contribution in [1.29, 1.82) is 0 Å². The van der Waals surface area contributed by atoms with Crippen molar-refractivity contribution in [3.05, 3.63) is 34.5 Å². The van der Waals surface area contributed by atoms with E-state index in [1.54, 1.807) is 22.3 Å². The summed E-state index contributed by atoms with van der Waals surface area (Å²) in [5, 5.41) is 6.12. The van der Waals surface area contributed by atoms with Gasteiger partial charge in [0.25, 0.3) is 0 Å². The molecule has 3 heterocycles. The molecule has 0 bridgehead atoms. The first-order valence-corrected chi connectivity index (χ1v) is 6.82. The van der Waals surface area contributed by atoms with Gasteiger partial charge in [-0.3, -0.25) is 4.79 Å². The normalized spacial score (nSPS) is 16.4. The summed E-state index contributed by atoms with van der Waals surface area (Å²) in [5.74, 6) is 0.109. The third-order valence-electron chi connectivity index (χ3n) is 3.31. The lowest BCUT2D eigenvalue weighted by molar-refractivity contribution is -0.135. The van der Waals surface area contributed by atoms with Crippen LogP contribution in [0, 0.1) is 0 Å². The molecule has 0 N–H and O–H groups in total. The van der Waals surface area contributed by atoms with E-state index in [1.165, 1.54) is 16.8 Å². The zero-order valence-corrected chi connectivity index (χ0v) is 10.9. The van der Waals surface area contributed by atoms with Crippen LogP contribution >= 0.6 is 11.3 Å². The third kappa shape index (κ3) is 1.92. The Bertz CT molecular complexity index is 548. The molecule has 0 fully saturated rings. The molecule has 1 aliphatic heterocycles. The monoisotopic (exact) mass is 262 g/mol. The SMILES string of the molecule is CC(C(=O)N1CCc2sccc2C1)n1cncn1. The fraction of sp³-hybridized carbons (Fsp3) is 0.417. The van der Waals surface area contributed by atoms with E-state index in [-0.39, 0.29) is 11.9 Å². The highest BCUT2D eigenvalue weighted by atomic mass is 32.1. The van der Waals surface area contributed by atoms with Crippen LogP contribution in [0.3, 0.4) is 0 Å². The van der Waals surface area contributed by atoms with Gasteiger partial charge in [0.1, 0.15) is 18.7 Å². The molecule has 5 nitrogen and oxygen atoms in total. The Labute approximate surface area is 109 Å². The number of nitrogens with zero attached hydrogens (tertiary/aromatic N) is 4. The first-order valence-electron chi connectivity index (χ1n) is 5.94. The van der Waals surface area contributed by atoms with Crippen LogP contribution in [-0.4, -0.2) is 32.1 Å². The predicted octanol–water partition coefficient (Wildman–Crippen LogP) is 1.49. The number of rotatable bonds is 2. The fourth-order valence-electron chi connectivity index (χ4n) is 2.23. The first-order chi connectivity index (χ1) is 8.75. The van der Waals surface area contributed by atoms with E-state index in [1.807, 2.05) is 11.8 Å². The standard InChI is InChI=1S/C12H14N4OS/c1-9(16-8-13-7-14-16)12(17)15-4-2-11-10(6-15)3-5-18-11/h3,5,7-9H,2,4,6H2,1H3. The van der Waals surface area contributed by atoms with Crippen LogP contribution in [0.1, 0.15) is 23.4 Å². The van der Waals surface area contributed by atoms with Crippen LogP contribution in [0.25, 0.3) is 0 Å². The second-order valence-electron chi connectivity index (χ2n) is 4.43. The van der Waals surface area contributed by atoms with Crippen LogP contribution in [0.5, 0.6) is 0 Å². The Morgan fingerprint density at radius 1 is 1.56 bits per heavy atom. The topological polar surface area (TPSA) is 51.0 Å². The second kappa shape index (κ2) is 4.53. The van der Waals surface area contributed by atoms with E-state index in [2.05, 4.69) is 21.5 Å². The minimum atomic E-state index is -0.285. The van der Waals surface area contributed by atoms with Crippen LogP contribution < -0.4 is 0 Å². The van der Waals surface area contributed by atoms with E-state index in [0.717, 1.165) is 19.5 Å². The first kappa shape index (κ1) is 11.4. The van der Waals surface area contributed by atoms with Crippen LogP contribution in [0.15, 0.2) is 24.1 Å². The highest BCUT2D eigenvalue weighted by molar-refractivity contribution is 7.10. The summed E-state index contributed by atoms with van der Waals surface area (Å²) in [7, 11) is 0. The predicted molar refractivity (Wildman–Crippen MR) is 68.2 cm³/mol. The Kier molecular flexibility index (Phi) is 2.87. The van der Waals surface area contributed by atoms with Gasteiger partial charge < -0.3 is 4.90 Å². The minimum absolute atomic E-state index is 0.109. The van der Waals surface area contributed by atoms with Crippen molar-refractivity contribution in [2.24, 2.45) is 0 Å². The molecule has 1 unspecified atom stereocenters. The van der Waals surface area contributed by atoms with Crippen molar-refractivity contribution in [3.8, 4) is 0 Å². The average molecular weight is 262 g/mol. The molecule has 0 spiro atoms. The summed E-state index contributed by atoms with van der Waals surface area (Å²) in [6.45, 7) is 3.38.